The number of carboxylic acids is 3. The summed E-state index contributed by atoms with van der Waals surface area (Å²) in [6, 6.07) is 24.6. The molecule has 10 rings (SSSR count). The van der Waals surface area contributed by atoms with E-state index in [-0.39, 0.29) is 88.8 Å². The van der Waals surface area contributed by atoms with Crippen molar-refractivity contribution in [3.63, 3.8) is 0 Å². The van der Waals surface area contributed by atoms with E-state index < -0.39 is 36.5 Å². The summed E-state index contributed by atoms with van der Waals surface area (Å²) in [7, 11) is 0. The number of carbonyl (C=O) groups is 5. The van der Waals surface area contributed by atoms with Crippen molar-refractivity contribution in [2.45, 2.75) is 56.7 Å². The van der Waals surface area contributed by atoms with E-state index in [2.05, 4.69) is 31.2 Å². The Kier molecular flexibility index (Phi) is 15.4. The van der Waals surface area contributed by atoms with E-state index in [1.54, 1.807) is 66.9 Å². The lowest BCUT2D eigenvalue weighted by atomic mass is 9.87. The Hall–Kier alpha value is -9.50. The van der Waals surface area contributed by atoms with Crippen LogP contribution in [0.3, 0.4) is 0 Å². The zero-order chi connectivity index (χ0) is 55.3. The van der Waals surface area contributed by atoms with Gasteiger partial charge in [0.1, 0.15) is 40.5 Å². The molecule has 79 heavy (non-hydrogen) atoms. The van der Waals surface area contributed by atoms with Crippen molar-refractivity contribution in [3.05, 3.63) is 154 Å². The molecule has 3 atom stereocenters. The summed E-state index contributed by atoms with van der Waals surface area (Å²) in [6.07, 6.45) is 12.1. The average molecular weight is 1090 g/mol. The largest absolute Gasteiger partial charge is 0.508 e. The standard InChI is InChI=1S/C58H53N7O13S/c66-36-10-16-41-49(25-36)78-50-26-37(67)11-17-42(50)53(41)40-15-9-34(24-44(40)56(72)73)62-58(79)60-21-20-59-51(68)29-76-38-12-6-31(7-13-38)54-63-46-22-32(8-19-48(46)65(54)35-4-2-1-3-5-35)55(71)64-47(57(74)75)23-33-28-61-45-18-14-39(27-43(33)45)77-30-52(69)70/h6-19,22,24-28,35,43,45,47,61,66H,1-5,20-21,23,29-30H2,(H,59,68)(H,64,71)(H,69,70)(H,72,73)(H,74,75)(H2,60,62,79)/t43?,45?,47-/m0/s1. The van der Waals surface area contributed by atoms with E-state index in [4.69, 9.17) is 36.2 Å². The number of rotatable bonds is 19. The third-order valence-electron chi connectivity index (χ3n) is 14.1. The molecule has 404 valence electrons. The number of allylic oxidation sites excluding steroid dienone is 1. The van der Waals surface area contributed by atoms with Gasteiger partial charge in [-0.3, -0.25) is 14.4 Å². The third-order valence-corrected chi connectivity index (χ3v) is 14.3. The van der Waals surface area contributed by atoms with Gasteiger partial charge in [0.05, 0.1) is 22.6 Å². The number of ether oxygens (including phenoxy) is 2. The van der Waals surface area contributed by atoms with Crippen molar-refractivity contribution in [3.8, 4) is 45.3 Å². The van der Waals surface area contributed by atoms with Crippen molar-refractivity contribution < 1.29 is 58.3 Å². The Morgan fingerprint density at radius 3 is 2.41 bits per heavy atom. The molecule has 2 unspecified atom stereocenters. The Morgan fingerprint density at radius 2 is 1.63 bits per heavy atom. The molecule has 5 aromatic rings. The average Bonchev–Trinajstić information content (AvgIpc) is 4.07. The maximum Gasteiger partial charge on any atom is 0.341 e. The molecule has 0 saturated heterocycles. The summed E-state index contributed by atoms with van der Waals surface area (Å²) >= 11 is 5.48. The molecule has 4 aromatic carbocycles. The summed E-state index contributed by atoms with van der Waals surface area (Å²) in [4.78, 5) is 80.1. The fourth-order valence-corrected chi connectivity index (χ4v) is 10.6. The molecule has 20 nitrogen and oxygen atoms in total. The van der Waals surface area contributed by atoms with Crippen LogP contribution in [0.25, 0.3) is 55.8 Å². The number of benzene rings is 5. The molecular formula is C58H53N7O13S. The number of hydrogen-bond acceptors (Lipinski definition) is 13. The number of imidazole rings is 1. The van der Waals surface area contributed by atoms with Crippen LogP contribution in [0.1, 0.15) is 65.3 Å². The lowest BCUT2D eigenvalue weighted by molar-refractivity contribution is -0.141. The van der Waals surface area contributed by atoms with Gasteiger partial charge in [0.15, 0.2) is 23.8 Å². The van der Waals surface area contributed by atoms with Gasteiger partial charge in [0, 0.05) is 76.9 Å². The molecule has 9 N–H and O–H groups in total. The maximum atomic E-state index is 13.7. The lowest BCUT2D eigenvalue weighted by Crippen LogP contribution is -2.41. The van der Waals surface area contributed by atoms with Crippen LogP contribution in [-0.4, -0.2) is 103 Å². The molecule has 2 aliphatic heterocycles. The van der Waals surface area contributed by atoms with Gasteiger partial charge in [0.25, 0.3) is 11.8 Å². The van der Waals surface area contributed by atoms with E-state index >= 15 is 0 Å². The summed E-state index contributed by atoms with van der Waals surface area (Å²) < 4.78 is 19.3. The van der Waals surface area contributed by atoms with E-state index in [1.165, 1.54) is 30.3 Å². The van der Waals surface area contributed by atoms with Crippen molar-refractivity contribution in [1.29, 1.82) is 0 Å². The first-order valence-corrected chi connectivity index (χ1v) is 25.9. The Bertz CT molecular complexity index is 3690. The summed E-state index contributed by atoms with van der Waals surface area (Å²) in [5, 5.41) is 55.1. The minimum atomic E-state index is -1.26. The molecule has 3 aliphatic carbocycles. The quantitative estimate of drug-likeness (QED) is 0.0214. The monoisotopic (exact) mass is 1090 g/mol. The van der Waals surface area contributed by atoms with Crippen LogP contribution in [0.2, 0.25) is 0 Å². The normalized spacial score (nSPS) is 16.3. The van der Waals surface area contributed by atoms with Gasteiger partial charge in [-0.1, -0.05) is 31.4 Å². The molecule has 1 aromatic heterocycles. The predicted octanol–water partition coefficient (Wildman–Crippen LogP) is 7.57. The van der Waals surface area contributed by atoms with Crippen LogP contribution in [-0.2, 0) is 19.1 Å². The van der Waals surface area contributed by atoms with Crippen LogP contribution in [0.5, 0.6) is 11.5 Å². The van der Waals surface area contributed by atoms with Gasteiger partial charge < -0.3 is 65.5 Å². The van der Waals surface area contributed by atoms with Crippen molar-refractivity contribution in [2.24, 2.45) is 5.92 Å². The predicted molar refractivity (Wildman–Crippen MR) is 296 cm³/mol. The first kappa shape index (κ1) is 52.9. The Labute approximate surface area is 455 Å². The van der Waals surface area contributed by atoms with Crippen molar-refractivity contribution in [1.82, 2.24) is 30.8 Å². The highest BCUT2D eigenvalue weighted by atomic mass is 32.1. The molecule has 5 aliphatic rings. The van der Waals surface area contributed by atoms with Gasteiger partial charge in [0.2, 0.25) is 0 Å². The van der Waals surface area contributed by atoms with E-state index in [9.17, 15) is 44.1 Å². The number of aliphatic carboxylic acids is 2. The molecule has 3 heterocycles. The number of aromatic nitrogens is 2. The Morgan fingerprint density at radius 1 is 0.848 bits per heavy atom. The number of fused-ring (bicyclic) bond motifs is 4. The fraction of sp³-hybridized carbons (Fsp3) is 0.241. The van der Waals surface area contributed by atoms with Crippen molar-refractivity contribution >= 4 is 74.7 Å². The number of nitrogens with one attached hydrogen (secondary N) is 5. The second kappa shape index (κ2) is 23.0. The third kappa shape index (κ3) is 11.9. The van der Waals surface area contributed by atoms with Crippen LogP contribution in [0.4, 0.5) is 5.69 Å². The van der Waals surface area contributed by atoms with Gasteiger partial charge in [-0.15, -0.1) is 0 Å². The second-order valence-corrected chi connectivity index (χ2v) is 19.8. The zero-order valence-electron chi connectivity index (χ0n) is 42.2. The van der Waals surface area contributed by atoms with E-state index in [0.29, 0.717) is 56.2 Å². The highest BCUT2D eigenvalue weighted by Crippen LogP contribution is 2.43. The zero-order valence-corrected chi connectivity index (χ0v) is 43.0. The molecule has 1 saturated carbocycles. The SMILES string of the molecule is O=C(O)COC1=CC2C(C[C@H](NC(=O)c3ccc4c(c3)nc(-c3ccc(OCC(=O)NCCNC(=S)Nc5ccc(-c6c7ccc(=O)cc-7oc7cc(O)ccc67)c(C(=O)O)c5)cc3)n4C3CCCCC3)C(=O)O)=CNC2C=C1. The van der Waals surface area contributed by atoms with E-state index in [1.807, 2.05) is 24.3 Å². The first-order valence-electron chi connectivity index (χ1n) is 25.5. The van der Waals surface area contributed by atoms with Crippen LogP contribution >= 0.6 is 12.2 Å². The van der Waals surface area contributed by atoms with Crippen LogP contribution in [0, 0.1) is 5.92 Å². The number of anilines is 1. The minimum absolute atomic E-state index is 0.00300. The molecule has 1 fully saturated rings. The second-order valence-electron chi connectivity index (χ2n) is 19.3. The van der Waals surface area contributed by atoms with E-state index in [0.717, 1.165) is 43.2 Å². The number of phenolic OH excluding ortho intramolecular Hbond substituents is 1. The minimum Gasteiger partial charge on any atom is -0.508 e. The lowest BCUT2D eigenvalue weighted by Gasteiger charge is -2.25. The molecule has 0 radical (unpaired) electrons. The van der Waals surface area contributed by atoms with Gasteiger partial charge in [-0.05, 0) is 133 Å². The number of thiocarbonyl (C=S) groups is 1. The highest BCUT2D eigenvalue weighted by Gasteiger charge is 2.34. The number of aromatic carboxylic acids is 1. The van der Waals surface area contributed by atoms with Gasteiger partial charge in [-0.2, -0.15) is 0 Å². The molecule has 2 amide bonds. The maximum absolute atomic E-state index is 13.7. The van der Waals surface area contributed by atoms with Gasteiger partial charge >= 0.3 is 17.9 Å². The highest BCUT2D eigenvalue weighted by molar-refractivity contribution is 7.80. The number of amides is 2. The number of hydrogen-bond donors (Lipinski definition) is 9. The topological polar surface area (TPSA) is 293 Å². The number of carbonyl (C=O) groups excluding carboxylic acids is 2. The first-order chi connectivity index (χ1) is 38.1. The summed E-state index contributed by atoms with van der Waals surface area (Å²) in [5.41, 5.74) is 4.82. The van der Waals surface area contributed by atoms with Gasteiger partial charge in [-0.25, -0.2) is 19.4 Å². The van der Waals surface area contributed by atoms with Crippen LogP contribution in [0.15, 0.2) is 142 Å². The Balaban J connectivity index is 0.740. The molecule has 21 heteroatoms. The summed E-state index contributed by atoms with van der Waals surface area (Å²) in [5.74, 6) is -3.12. The molecule has 0 bridgehead atoms. The van der Waals surface area contributed by atoms with Crippen molar-refractivity contribution in [2.75, 3.05) is 31.6 Å². The number of aromatic hydroxyl groups is 1. The molecule has 0 spiro atoms. The van der Waals surface area contributed by atoms with Crippen LogP contribution < -0.4 is 36.7 Å². The molecular weight excluding hydrogens is 1030 g/mol. The number of nitrogens with zero attached hydrogens (tertiary/aromatic N) is 2. The smallest absolute Gasteiger partial charge is 0.341 e. The fourth-order valence-electron chi connectivity index (χ4n) is 10.3. The summed E-state index contributed by atoms with van der Waals surface area (Å²) in [6.45, 7) is -0.364. The number of phenols is 1. The number of carboxylic acid groups (broad SMARTS) is 3.